The average Bonchev–Trinajstić information content (AvgIpc) is 2.45. The molecule has 0 saturated heterocycles. The Bertz CT molecular complexity index is 257. The molecule has 0 amide bonds. The number of nitrogens with one attached hydrogen (secondary N) is 1. The van der Waals surface area contributed by atoms with Gasteiger partial charge in [0, 0.05) is 12.1 Å². The highest BCUT2D eigenvalue weighted by Crippen LogP contribution is 2.13. The Kier molecular flexibility index (Phi) is 3.73. The molecule has 0 radical (unpaired) electrons. The smallest absolute Gasteiger partial charge is 0.127 e. The minimum Gasteiger partial charge on any atom is -0.370 e. The van der Waals surface area contributed by atoms with Crippen LogP contribution in [-0.2, 0) is 6.54 Å². The second-order valence-corrected chi connectivity index (χ2v) is 3.02. The average molecular weight is 185 g/mol. The van der Waals surface area contributed by atoms with Gasteiger partial charge in [-0.3, -0.25) is 0 Å². The Morgan fingerprint density at radius 2 is 2.38 bits per heavy atom. The highest BCUT2D eigenvalue weighted by molar-refractivity contribution is 5.42. The second kappa shape index (κ2) is 4.84. The number of halogens is 1. The van der Waals surface area contributed by atoms with Crippen molar-refractivity contribution in [2.24, 2.45) is 0 Å². The van der Waals surface area contributed by atoms with Crippen LogP contribution in [-0.4, -0.2) is 23.0 Å². The molecule has 0 unspecified atom stereocenters. The first-order valence-electron chi connectivity index (χ1n) is 4.61. The van der Waals surface area contributed by atoms with Crippen LogP contribution in [0.5, 0.6) is 0 Å². The zero-order chi connectivity index (χ0) is 9.68. The fourth-order valence-corrected chi connectivity index (χ4v) is 1.20. The van der Waals surface area contributed by atoms with Gasteiger partial charge in [-0.2, -0.15) is 5.10 Å². The predicted octanol–water partition coefficient (Wildman–Crippen LogP) is 1.98. The van der Waals surface area contributed by atoms with Crippen LogP contribution < -0.4 is 5.32 Å². The van der Waals surface area contributed by atoms with Gasteiger partial charge in [0.05, 0.1) is 12.7 Å². The number of aromatic nitrogens is 2. The SMILES string of the molecule is CCCNc1c(C)cnn1CCF. The van der Waals surface area contributed by atoms with Gasteiger partial charge in [-0.05, 0) is 13.3 Å². The maximum atomic E-state index is 12.1. The van der Waals surface area contributed by atoms with Gasteiger partial charge in [0.1, 0.15) is 12.5 Å². The number of rotatable bonds is 5. The molecule has 1 N–H and O–H groups in total. The second-order valence-electron chi connectivity index (χ2n) is 3.02. The number of hydrogen-bond acceptors (Lipinski definition) is 2. The highest BCUT2D eigenvalue weighted by Gasteiger charge is 2.05. The minimum absolute atomic E-state index is 0.333. The van der Waals surface area contributed by atoms with Gasteiger partial charge < -0.3 is 5.32 Å². The van der Waals surface area contributed by atoms with Crippen molar-refractivity contribution in [3.8, 4) is 0 Å². The number of anilines is 1. The van der Waals surface area contributed by atoms with Crippen LogP contribution in [0.4, 0.5) is 10.2 Å². The molecule has 74 valence electrons. The van der Waals surface area contributed by atoms with E-state index in [4.69, 9.17) is 0 Å². The van der Waals surface area contributed by atoms with Crippen molar-refractivity contribution in [3.63, 3.8) is 0 Å². The van der Waals surface area contributed by atoms with Crippen LogP contribution in [0.15, 0.2) is 6.20 Å². The lowest BCUT2D eigenvalue weighted by atomic mass is 10.3. The lowest BCUT2D eigenvalue weighted by molar-refractivity contribution is 0.429. The molecule has 3 nitrogen and oxygen atoms in total. The van der Waals surface area contributed by atoms with Gasteiger partial charge in [-0.15, -0.1) is 0 Å². The molecule has 0 aromatic carbocycles. The van der Waals surface area contributed by atoms with Gasteiger partial charge in [0.15, 0.2) is 0 Å². The normalized spacial score (nSPS) is 10.4. The van der Waals surface area contributed by atoms with E-state index in [0.29, 0.717) is 6.54 Å². The van der Waals surface area contributed by atoms with Crippen LogP contribution in [0.1, 0.15) is 18.9 Å². The minimum atomic E-state index is -0.373. The predicted molar refractivity (Wildman–Crippen MR) is 51.7 cm³/mol. The van der Waals surface area contributed by atoms with Gasteiger partial charge in [0.25, 0.3) is 0 Å². The maximum Gasteiger partial charge on any atom is 0.127 e. The summed E-state index contributed by atoms with van der Waals surface area (Å²) < 4.78 is 13.8. The van der Waals surface area contributed by atoms with Crippen LogP contribution in [0.3, 0.4) is 0 Å². The van der Waals surface area contributed by atoms with Crippen molar-refractivity contribution in [1.29, 1.82) is 0 Å². The Morgan fingerprint density at radius 1 is 1.62 bits per heavy atom. The molecular weight excluding hydrogens is 169 g/mol. The molecule has 1 heterocycles. The Balaban J connectivity index is 2.69. The summed E-state index contributed by atoms with van der Waals surface area (Å²) in [6.45, 7) is 4.93. The number of aryl methyl sites for hydroxylation is 2. The molecule has 0 fully saturated rings. The summed E-state index contributed by atoms with van der Waals surface area (Å²) in [7, 11) is 0. The first kappa shape index (κ1) is 10.0. The third kappa shape index (κ3) is 2.44. The van der Waals surface area contributed by atoms with Crippen molar-refractivity contribution in [1.82, 2.24) is 9.78 Å². The van der Waals surface area contributed by atoms with Crippen molar-refractivity contribution >= 4 is 5.82 Å². The fourth-order valence-electron chi connectivity index (χ4n) is 1.20. The molecular formula is C9H16FN3. The van der Waals surface area contributed by atoms with Gasteiger partial charge in [-0.25, -0.2) is 9.07 Å². The molecule has 1 aromatic rings. The van der Waals surface area contributed by atoms with Crippen molar-refractivity contribution in [3.05, 3.63) is 11.8 Å². The Hall–Kier alpha value is -1.06. The van der Waals surface area contributed by atoms with E-state index in [2.05, 4.69) is 17.3 Å². The summed E-state index contributed by atoms with van der Waals surface area (Å²) >= 11 is 0. The topological polar surface area (TPSA) is 29.9 Å². The van der Waals surface area contributed by atoms with Crippen molar-refractivity contribution in [2.75, 3.05) is 18.5 Å². The van der Waals surface area contributed by atoms with Crippen LogP contribution in [0.2, 0.25) is 0 Å². The summed E-state index contributed by atoms with van der Waals surface area (Å²) in [6, 6.07) is 0. The molecule has 0 spiro atoms. The Morgan fingerprint density at radius 3 is 3.00 bits per heavy atom. The molecule has 0 saturated carbocycles. The van der Waals surface area contributed by atoms with E-state index in [0.717, 1.165) is 24.3 Å². The van der Waals surface area contributed by atoms with E-state index in [1.807, 2.05) is 6.92 Å². The summed E-state index contributed by atoms with van der Waals surface area (Å²) in [5.41, 5.74) is 1.07. The summed E-state index contributed by atoms with van der Waals surface area (Å²) in [6.07, 6.45) is 2.81. The third-order valence-corrected chi connectivity index (χ3v) is 1.86. The van der Waals surface area contributed by atoms with Crippen LogP contribution in [0.25, 0.3) is 0 Å². The molecule has 4 heteroatoms. The zero-order valence-electron chi connectivity index (χ0n) is 8.18. The number of alkyl halides is 1. The summed E-state index contributed by atoms with van der Waals surface area (Å²) in [5, 5.41) is 7.30. The lowest BCUT2D eigenvalue weighted by Gasteiger charge is -2.08. The van der Waals surface area contributed by atoms with Gasteiger partial charge in [-0.1, -0.05) is 6.92 Å². The molecule has 1 rings (SSSR count). The maximum absolute atomic E-state index is 12.1. The quantitative estimate of drug-likeness (QED) is 0.760. The van der Waals surface area contributed by atoms with Crippen molar-refractivity contribution < 1.29 is 4.39 Å². The number of hydrogen-bond donors (Lipinski definition) is 1. The highest BCUT2D eigenvalue weighted by atomic mass is 19.1. The fraction of sp³-hybridized carbons (Fsp3) is 0.667. The van der Waals surface area contributed by atoms with Crippen LogP contribution >= 0.6 is 0 Å². The van der Waals surface area contributed by atoms with E-state index in [1.54, 1.807) is 10.9 Å². The largest absolute Gasteiger partial charge is 0.370 e. The first-order chi connectivity index (χ1) is 6.29. The standard InChI is InChI=1S/C9H16FN3/c1-3-5-11-9-8(2)7-12-13(9)6-4-10/h7,11H,3-6H2,1-2H3. The van der Waals surface area contributed by atoms with E-state index in [9.17, 15) is 4.39 Å². The molecule has 0 aliphatic rings. The van der Waals surface area contributed by atoms with Crippen molar-refractivity contribution in [2.45, 2.75) is 26.8 Å². The first-order valence-corrected chi connectivity index (χ1v) is 4.61. The monoisotopic (exact) mass is 185 g/mol. The van der Waals surface area contributed by atoms with Gasteiger partial charge in [0.2, 0.25) is 0 Å². The molecule has 13 heavy (non-hydrogen) atoms. The molecule has 1 aromatic heterocycles. The third-order valence-electron chi connectivity index (χ3n) is 1.86. The van der Waals surface area contributed by atoms with E-state index < -0.39 is 0 Å². The lowest BCUT2D eigenvalue weighted by Crippen LogP contribution is -2.10. The van der Waals surface area contributed by atoms with E-state index in [-0.39, 0.29) is 6.67 Å². The van der Waals surface area contributed by atoms with E-state index in [1.165, 1.54) is 0 Å². The molecule has 0 aliphatic heterocycles. The summed E-state index contributed by atoms with van der Waals surface area (Å²) in [4.78, 5) is 0. The molecule has 0 atom stereocenters. The van der Waals surface area contributed by atoms with Crippen LogP contribution in [0, 0.1) is 6.92 Å². The number of nitrogens with zero attached hydrogens (tertiary/aromatic N) is 2. The van der Waals surface area contributed by atoms with E-state index >= 15 is 0 Å². The molecule has 0 bridgehead atoms. The molecule has 0 aliphatic carbocycles. The summed E-state index contributed by atoms with van der Waals surface area (Å²) in [5.74, 6) is 0.944. The zero-order valence-corrected chi connectivity index (χ0v) is 8.18. The Labute approximate surface area is 77.9 Å². The van der Waals surface area contributed by atoms with Gasteiger partial charge >= 0.3 is 0 Å².